The van der Waals surface area contributed by atoms with Gasteiger partial charge in [0.15, 0.2) is 6.61 Å². The lowest BCUT2D eigenvalue weighted by atomic mass is 10.4. The van der Waals surface area contributed by atoms with Crippen LogP contribution in [0.5, 0.6) is 0 Å². The van der Waals surface area contributed by atoms with Crippen LogP contribution >= 0.6 is 0 Å². The Morgan fingerprint density at radius 2 is 1.92 bits per heavy atom. The standard InChI is InChI=1S/C7H10O5/c1-4(2)7(11)12-3-5(8)6(9)10/h8-10H,1,3H2,2H3. The van der Waals surface area contributed by atoms with E-state index in [0.717, 1.165) is 0 Å². The second-order valence-electron chi connectivity index (χ2n) is 2.13. The third-order valence-electron chi connectivity index (χ3n) is 0.947. The van der Waals surface area contributed by atoms with E-state index in [-0.39, 0.29) is 5.57 Å². The average molecular weight is 174 g/mol. The van der Waals surface area contributed by atoms with Crippen LogP contribution in [0.4, 0.5) is 0 Å². The van der Waals surface area contributed by atoms with Crippen molar-refractivity contribution < 1.29 is 24.9 Å². The second-order valence-corrected chi connectivity index (χ2v) is 2.13. The molecule has 0 fully saturated rings. The zero-order valence-corrected chi connectivity index (χ0v) is 6.57. The molecule has 0 aliphatic carbocycles. The molecule has 0 bridgehead atoms. The predicted molar refractivity (Wildman–Crippen MR) is 40.7 cm³/mol. The van der Waals surface area contributed by atoms with Crippen molar-refractivity contribution in [2.45, 2.75) is 6.92 Å². The topological polar surface area (TPSA) is 87.0 Å². The van der Waals surface area contributed by atoms with E-state index >= 15 is 0 Å². The summed E-state index contributed by atoms with van der Waals surface area (Å²) in [7, 11) is 0. The normalized spacial score (nSPS) is 8.75. The predicted octanol–water partition coefficient (Wildman–Crippen LogP) is 0.949. The summed E-state index contributed by atoms with van der Waals surface area (Å²) in [5.41, 5.74) is 0.167. The molecule has 0 saturated heterocycles. The molecule has 0 spiro atoms. The molecule has 0 amide bonds. The number of aliphatic hydroxyl groups is 3. The van der Waals surface area contributed by atoms with Crippen molar-refractivity contribution in [2.75, 3.05) is 6.61 Å². The maximum absolute atomic E-state index is 10.7. The summed E-state index contributed by atoms with van der Waals surface area (Å²) in [5, 5.41) is 25.1. The number of hydrogen-bond donors (Lipinski definition) is 3. The van der Waals surface area contributed by atoms with E-state index in [4.69, 9.17) is 15.3 Å². The summed E-state index contributed by atoms with van der Waals surface area (Å²) in [5.74, 6) is -2.77. The fraction of sp³-hybridized carbons (Fsp3) is 0.286. The van der Waals surface area contributed by atoms with Crippen molar-refractivity contribution in [3.8, 4) is 0 Å². The van der Waals surface area contributed by atoms with Crippen molar-refractivity contribution in [1.82, 2.24) is 0 Å². The maximum atomic E-state index is 10.7. The largest absolute Gasteiger partial charge is 0.503 e. The Hall–Kier alpha value is -1.65. The highest BCUT2D eigenvalue weighted by Gasteiger charge is 2.07. The monoisotopic (exact) mass is 174 g/mol. The molecule has 0 atom stereocenters. The van der Waals surface area contributed by atoms with E-state index in [1.807, 2.05) is 0 Å². The minimum absolute atomic E-state index is 0.167. The minimum Gasteiger partial charge on any atom is -0.503 e. The van der Waals surface area contributed by atoms with Crippen LogP contribution < -0.4 is 0 Å². The van der Waals surface area contributed by atoms with E-state index < -0.39 is 24.3 Å². The summed E-state index contributed by atoms with van der Waals surface area (Å²) in [6.45, 7) is 4.14. The number of aliphatic hydroxyl groups excluding tert-OH is 2. The molecule has 5 nitrogen and oxygen atoms in total. The highest BCUT2D eigenvalue weighted by molar-refractivity contribution is 5.86. The number of rotatable bonds is 3. The first-order chi connectivity index (χ1) is 5.45. The van der Waals surface area contributed by atoms with Gasteiger partial charge in [-0.25, -0.2) is 4.79 Å². The van der Waals surface area contributed by atoms with Gasteiger partial charge in [-0.1, -0.05) is 6.58 Å². The Kier molecular flexibility index (Phi) is 3.69. The van der Waals surface area contributed by atoms with Crippen molar-refractivity contribution in [1.29, 1.82) is 0 Å². The molecule has 0 unspecified atom stereocenters. The average Bonchev–Trinajstić information content (AvgIpc) is 1.98. The van der Waals surface area contributed by atoms with Gasteiger partial charge in [0.1, 0.15) is 0 Å². The molecular weight excluding hydrogens is 164 g/mol. The van der Waals surface area contributed by atoms with Crippen LogP contribution in [0, 0.1) is 0 Å². The minimum atomic E-state index is -1.26. The Labute approximate surface area is 69.2 Å². The van der Waals surface area contributed by atoms with E-state index in [2.05, 4.69) is 11.3 Å². The first-order valence-corrected chi connectivity index (χ1v) is 3.07. The van der Waals surface area contributed by atoms with Gasteiger partial charge in [-0.15, -0.1) is 0 Å². The number of ether oxygens (including phenoxy) is 1. The zero-order valence-electron chi connectivity index (χ0n) is 6.57. The SMILES string of the molecule is C=C(C)C(=O)OCC(O)=C(O)O. The van der Waals surface area contributed by atoms with Gasteiger partial charge in [0.25, 0.3) is 0 Å². The molecule has 0 saturated carbocycles. The van der Waals surface area contributed by atoms with Gasteiger partial charge in [-0.3, -0.25) is 0 Å². The van der Waals surface area contributed by atoms with E-state index in [9.17, 15) is 4.79 Å². The van der Waals surface area contributed by atoms with Crippen LogP contribution in [0.2, 0.25) is 0 Å². The van der Waals surface area contributed by atoms with Gasteiger partial charge in [-0.05, 0) is 6.92 Å². The van der Waals surface area contributed by atoms with Crippen LogP contribution in [0.15, 0.2) is 23.9 Å². The number of carbonyl (C=O) groups is 1. The highest BCUT2D eigenvalue weighted by atomic mass is 16.5. The summed E-state index contributed by atoms with van der Waals surface area (Å²) in [6, 6.07) is 0. The zero-order chi connectivity index (χ0) is 9.72. The Balaban J connectivity index is 3.94. The van der Waals surface area contributed by atoms with Gasteiger partial charge in [0.2, 0.25) is 5.76 Å². The smallest absolute Gasteiger partial charge is 0.333 e. The lowest BCUT2D eigenvalue weighted by molar-refractivity contribution is -0.138. The van der Waals surface area contributed by atoms with Crippen molar-refractivity contribution in [3.05, 3.63) is 23.9 Å². The van der Waals surface area contributed by atoms with E-state index in [0.29, 0.717) is 0 Å². The van der Waals surface area contributed by atoms with Gasteiger partial charge in [0.05, 0.1) is 0 Å². The lowest BCUT2D eigenvalue weighted by Gasteiger charge is -2.02. The molecule has 0 aliphatic heterocycles. The summed E-state index contributed by atoms with van der Waals surface area (Å²) < 4.78 is 4.36. The third-order valence-corrected chi connectivity index (χ3v) is 0.947. The Bertz CT molecular complexity index is 224. The van der Waals surface area contributed by atoms with Crippen LogP contribution in [0.3, 0.4) is 0 Å². The second kappa shape index (κ2) is 4.27. The summed E-state index contributed by atoms with van der Waals surface area (Å²) in [6.07, 6.45) is 0. The van der Waals surface area contributed by atoms with Gasteiger partial charge in [0, 0.05) is 5.57 Å². The lowest BCUT2D eigenvalue weighted by Crippen LogP contribution is -2.09. The Morgan fingerprint density at radius 1 is 1.42 bits per heavy atom. The van der Waals surface area contributed by atoms with Gasteiger partial charge in [-0.2, -0.15) is 0 Å². The molecule has 3 N–H and O–H groups in total. The summed E-state index contributed by atoms with van der Waals surface area (Å²) >= 11 is 0. The summed E-state index contributed by atoms with van der Waals surface area (Å²) in [4.78, 5) is 10.7. The maximum Gasteiger partial charge on any atom is 0.333 e. The number of carbonyl (C=O) groups excluding carboxylic acids is 1. The highest BCUT2D eigenvalue weighted by Crippen LogP contribution is 1.97. The van der Waals surface area contributed by atoms with Crippen molar-refractivity contribution in [2.24, 2.45) is 0 Å². The van der Waals surface area contributed by atoms with Crippen LogP contribution in [0.25, 0.3) is 0 Å². The van der Waals surface area contributed by atoms with Crippen LogP contribution in [-0.4, -0.2) is 27.9 Å². The molecule has 0 aromatic heterocycles. The molecule has 0 aromatic carbocycles. The molecule has 0 aromatic rings. The quantitative estimate of drug-likeness (QED) is 0.337. The van der Waals surface area contributed by atoms with Crippen LogP contribution in [-0.2, 0) is 9.53 Å². The first kappa shape index (κ1) is 10.3. The number of hydrogen-bond acceptors (Lipinski definition) is 5. The van der Waals surface area contributed by atoms with Crippen molar-refractivity contribution in [3.63, 3.8) is 0 Å². The van der Waals surface area contributed by atoms with E-state index in [1.54, 1.807) is 0 Å². The first-order valence-electron chi connectivity index (χ1n) is 3.07. The third kappa shape index (κ3) is 3.50. The van der Waals surface area contributed by atoms with E-state index in [1.165, 1.54) is 6.92 Å². The molecule has 0 radical (unpaired) electrons. The Morgan fingerprint density at radius 3 is 2.25 bits per heavy atom. The van der Waals surface area contributed by atoms with Gasteiger partial charge >= 0.3 is 11.9 Å². The molecule has 0 rings (SSSR count). The molecular formula is C7H10O5. The van der Waals surface area contributed by atoms with Gasteiger partial charge < -0.3 is 20.1 Å². The number of esters is 1. The molecule has 0 aliphatic rings. The van der Waals surface area contributed by atoms with Crippen molar-refractivity contribution >= 4 is 5.97 Å². The molecule has 0 heterocycles. The molecule has 5 heteroatoms. The fourth-order valence-electron chi connectivity index (χ4n) is 0.322. The molecule has 68 valence electrons. The molecule has 12 heavy (non-hydrogen) atoms. The van der Waals surface area contributed by atoms with Crippen LogP contribution in [0.1, 0.15) is 6.92 Å². The fourth-order valence-corrected chi connectivity index (χ4v) is 0.322.